The smallest absolute Gasteiger partial charge is 0.307 e. The predicted octanol–water partition coefficient (Wildman–Crippen LogP) is 1.02. The van der Waals surface area contributed by atoms with Gasteiger partial charge in [0.25, 0.3) is 5.56 Å². The maximum absolute atomic E-state index is 11.6. The molecule has 0 radical (unpaired) electrons. The van der Waals surface area contributed by atoms with Crippen LogP contribution in [0, 0.1) is 0 Å². The van der Waals surface area contributed by atoms with E-state index in [-0.39, 0.29) is 17.7 Å². The largest absolute Gasteiger partial charge is 0.489 e. The molecule has 0 spiro atoms. The van der Waals surface area contributed by atoms with Gasteiger partial charge in [-0.25, -0.2) is 4.98 Å². The third-order valence-electron chi connectivity index (χ3n) is 2.92. The Kier molecular flexibility index (Phi) is 4.55. The molecule has 1 heterocycles. The summed E-state index contributed by atoms with van der Waals surface area (Å²) in [6.45, 7) is 0.344. The highest BCUT2D eigenvalue weighted by Crippen LogP contribution is 2.17. The first-order valence-corrected chi connectivity index (χ1v) is 6.26. The van der Waals surface area contributed by atoms with Crippen LogP contribution in [0.25, 0.3) is 0 Å². The van der Waals surface area contributed by atoms with Crippen molar-refractivity contribution in [2.24, 2.45) is 0 Å². The molecular formula is C14H15N3O4. The van der Waals surface area contributed by atoms with E-state index < -0.39 is 5.97 Å². The van der Waals surface area contributed by atoms with Crippen LogP contribution in [0.15, 0.2) is 35.4 Å². The van der Waals surface area contributed by atoms with Gasteiger partial charge in [0.1, 0.15) is 0 Å². The molecule has 21 heavy (non-hydrogen) atoms. The third-order valence-corrected chi connectivity index (χ3v) is 2.92. The monoisotopic (exact) mass is 289 g/mol. The minimum Gasteiger partial charge on any atom is -0.489 e. The Morgan fingerprint density at radius 2 is 2.10 bits per heavy atom. The number of benzene rings is 1. The molecule has 7 nitrogen and oxygen atoms in total. The second kappa shape index (κ2) is 6.56. The number of hydrogen-bond acceptors (Lipinski definition) is 5. The zero-order chi connectivity index (χ0) is 15.2. The normalized spacial score (nSPS) is 10.1. The van der Waals surface area contributed by atoms with Crippen molar-refractivity contribution in [2.45, 2.75) is 13.0 Å². The molecule has 0 aliphatic heterocycles. The lowest BCUT2D eigenvalue weighted by molar-refractivity contribution is -0.136. The Labute approximate surface area is 120 Å². The van der Waals surface area contributed by atoms with Crippen LogP contribution in [-0.4, -0.2) is 28.2 Å². The fraction of sp³-hybridized carbons (Fsp3) is 0.214. The Bertz CT molecular complexity index is 697. The number of hydrogen-bond donors (Lipinski definition) is 3. The van der Waals surface area contributed by atoms with Crippen molar-refractivity contribution in [3.05, 3.63) is 52.1 Å². The zero-order valence-electron chi connectivity index (χ0n) is 11.4. The number of aliphatic carboxylic acids is 1. The molecule has 7 heteroatoms. The molecule has 0 atom stereocenters. The third kappa shape index (κ3) is 3.59. The van der Waals surface area contributed by atoms with Gasteiger partial charge in [0.15, 0.2) is 5.82 Å². The molecule has 0 fully saturated rings. The number of rotatable bonds is 6. The highest BCUT2D eigenvalue weighted by molar-refractivity contribution is 5.70. The van der Waals surface area contributed by atoms with E-state index in [1.807, 2.05) is 12.1 Å². The summed E-state index contributed by atoms with van der Waals surface area (Å²) in [5.41, 5.74) is 1.15. The van der Waals surface area contributed by atoms with Crippen LogP contribution in [-0.2, 0) is 17.8 Å². The van der Waals surface area contributed by atoms with E-state index in [4.69, 9.17) is 9.84 Å². The minimum absolute atomic E-state index is 0.0577. The molecule has 0 unspecified atom stereocenters. The average molecular weight is 289 g/mol. The number of nitrogens with one attached hydrogen (secondary N) is 2. The van der Waals surface area contributed by atoms with Gasteiger partial charge in [-0.1, -0.05) is 24.3 Å². The van der Waals surface area contributed by atoms with Gasteiger partial charge >= 0.3 is 5.97 Å². The molecule has 0 bridgehead atoms. The van der Waals surface area contributed by atoms with Gasteiger partial charge in [0.2, 0.25) is 5.75 Å². The molecule has 1 aromatic heterocycles. The first kappa shape index (κ1) is 14.6. The van der Waals surface area contributed by atoms with Crippen LogP contribution >= 0.6 is 0 Å². The lowest BCUT2D eigenvalue weighted by Gasteiger charge is -2.11. The number of carbonyl (C=O) groups is 1. The van der Waals surface area contributed by atoms with Gasteiger partial charge < -0.3 is 20.1 Å². The number of carboxylic acid groups (broad SMARTS) is 1. The molecule has 0 aliphatic rings. The van der Waals surface area contributed by atoms with Crippen molar-refractivity contribution in [1.82, 2.24) is 9.97 Å². The molecule has 0 amide bonds. The summed E-state index contributed by atoms with van der Waals surface area (Å²) in [4.78, 5) is 28.8. The van der Waals surface area contributed by atoms with Gasteiger partial charge in [-0.3, -0.25) is 9.59 Å². The van der Waals surface area contributed by atoms with Gasteiger partial charge in [0, 0.05) is 6.54 Å². The van der Waals surface area contributed by atoms with Crippen molar-refractivity contribution in [3.8, 4) is 5.75 Å². The Balaban J connectivity index is 2.19. The quantitative estimate of drug-likeness (QED) is 0.733. The van der Waals surface area contributed by atoms with Gasteiger partial charge in [-0.05, 0) is 11.1 Å². The first-order valence-electron chi connectivity index (χ1n) is 6.26. The highest BCUT2D eigenvalue weighted by atomic mass is 16.5. The summed E-state index contributed by atoms with van der Waals surface area (Å²) < 4.78 is 5.00. The molecule has 0 saturated heterocycles. The van der Waals surface area contributed by atoms with Crippen molar-refractivity contribution in [2.75, 3.05) is 12.4 Å². The average Bonchev–Trinajstić information content (AvgIpc) is 2.46. The molecule has 110 valence electrons. The Morgan fingerprint density at radius 3 is 2.76 bits per heavy atom. The number of aromatic nitrogens is 2. The molecule has 3 N–H and O–H groups in total. The number of methoxy groups -OCH3 is 1. The van der Waals surface area contributed by atoms with Gasteiger partial charge in [-0.15, -0.1) is 0 Å². The van der Waals surface area contributed by atoms with Crippen LogP contribution in [0.4, 0.5) is 5.82 Å². The summed E-state index contributed by atoms with van der Waals surface area (Å²) in [5.74, 6) is -0.492. The molecule has 0 saturated carbocycles. The van der Waals surface area contributed by atoms with Crippen LogP contribution in [0.5, 0.6) is 5.75 Å². The van der Waals surface area contributed by atoms with Crippen molar-refractivity contribution in [3.63, 3.8) is 0 Å². The second-order valence-corrected chi connectivity index (χ2v) is 4.31. The maximum atomic E-state index is 11.6. The number of anilines is 1. The van der Waals surface area contributed by atoms with E-state index in [1.165, 1.54) is 13.4 Å². The SMILES string of the molecule is COc1c(NCc2ccccc2CC(=O)O)nc[nH]c1=O. The summed E-state index contributed by atoms with van der Waals surface area (Å²) in [5, 5.41) is 11.9. The number of H-pyrrole nitrogens is 1. The first-order chi connectivity index (χ1) is 10.1. The zero-order valence-corrected chi connectivity index (χ0v) is 11.4. The van der Waals surface area contributed by atoms with Crippen LogP contribution in [0.3, 0.4) is 0 Å². The summed E-state index contributed by atoms with van der Waals surface area (Å²) in [6.07, 6.45) is 1.22. The van der Waals surface area contributed by atoms with E-state index in [2.05, 4.69) is 15.3 Å². The molecule has 2 rings (SSSR count). The van der Waals surface area contributed by atoms with Crippen LogP contribution in [0.1, 0.15) is 11.1 Å². The summed E-state index contributed by atoms with van der Waals surface area (Å²) >= 11 is 0. The van der Waals surface area contributed by atoms with E-state index >= 15 is 0 Å². The maximum Gasteiger partial charge on any atom is 0.307 e. The van der Waals surface area contributed by atoms with E-state index in [0.717, 1.165) is 5.56 Å². The number of ether oxygens (including phenoxy) is 1. The summed E-state index contributed by atoms with van der Waals surface area (Å²) in [7, 11) is 1.38. The molecule has 1 aromatic carbocycles. The van der Waals surface area contributed by atoms with Crippen molar-refractivity contribution >= 4 is 11.8 Å². The lowest BCUT2D eigenvalue weighted by atomic mass is 10.0. The van der Waals surface area contributed by atoms with E-state index in [9.17, 15) is 9.59 Å². The summed E-state index contributed by atoms with van der Waals surface area (Å²) in [6, 6.07) is 7.19. The van der Waals surface area contributed by atoms with E-state index in [1.54, 1.807) is 12.1 Å². The number of carboxylic acids is 1. The second-order valence-electron chi connectivity index (χ2n) is 4.31. The van der Waals surface area contributed by atoms with Crippen molar-refractivity contribution in [1.29, 1.82) is 0 Å². The van der Waals surface area contributed by atoms with Crippen molar-refractivity contribution < 1.29 is 14.6 Å². The predicted molar refractivity (Wildman–Crippen MR) is 76.5 cm³/mol. The lowest BCUT2D eigenvalue weighted by Crippen LogP contribution is -2.14. The number of nitrogens with zero attached hydrogens (tertiary/aromatic N) is 1. The minimum atomic E-state index is -0.894. The van der Waals surface area contributed by atoms with Crippen LogP contribution < -0.4 is 15.6 Å². The number of aromatic amines is 1. The fourth-order valence-electron chi connectivity index (χ4n) is 1.95. The van der Waals surface area contributed by atoms with Crippen LogP contribution in [0.2, 0.25) is 0 Å². The van der Waals surface area contributed by atoms with Gasteiger partial charge in [0.05, 0.1) is 19.9 Å². The van der Waals surface area contributed by atoms with Gasteiger partial charge in [-0.2, -0.15) is 0 Å². The topological polar surface area (TPSA) is 104 Å². The standard InChI is InChI=1S/C14H15N3O4/c1-21-12-13(16-8-17-14(12)20)15-7-10-5-3-2-4-9(10)6-11(18)19/h2-5,8H,6-7H2,1H3,(H,18,19)(H2,15,16,17,20). The molecular weight excluding hydrogens is 274 g/mol. The Hall–Kier alpha value is -2.83. The molecule has 0 aliphatic carbocycles. The highest BCUT2D eigenvalue weighted by Gasteiger charge is 2.10. The Morgan fingerprint density at radius 1 is 1.38 bits per heavy atom. The van der Waals surface area contributed by atoms with E-state index in [0.29, 0.717) is 17.9 Å². The molecule has 2 aromatic rings. The fourth-order valence-corrected chi connectivity index (χ4v) is 1.95.